The average molecular weight is 270 g/mol. The predicted octanol–water partition coefficient (Wildman–Crippen LogP) is 3.98. The minimum absolute atomic E-state index is 0.422. The van der Waals surface area contributed by atoms with E-state index in [0.29, 0.717) is 5.56 Å². The molecule has 0 radical (unpaired) electrons. The summed E-state index contributed by atoms with van der Waals surface area (Å²) < 4.78 is 0.940. The van der Waals surface area contributed by atoms with Crippen molar-refractivity contribution in [2.24, 2.45) is 0 Å². The summed E-state index contributed by atoms with van der Waals surface area (Å²) in [7, 11) is 0. The first-order chi connectivity index (χ1) is 6.68. The first-order valence-corrected chi connectivity index (χ1v) is 5.24. The van der Waals surface area contributed by atoms with Gasteiger partial charge in [-0.05, 0) is 40.6 Å². The third kappa shape index (κ3) is 1.68. The predicted molar refractivity (Wildman–Crippen MR) is 61.8 cm³/mol. The van der Waals surface area contributed by atoms with Crippen LogP contribution in [0.15, 0.2) is 40.9 Å². The van der Waals surface area contributed by atoms with Gasteiger partial charge in [-0.1, -0.05) is 34.1 Å². The molecule has 0 heterocycles. The molecule has 0 saturated heterocycles. The van der Waals surface area contributed by atoms with E-state index < -0.39 is 5.24 Å². The fourth-order valence-electron chi connectivity index (χ4n) is 1.42. The Hall–Kier alpha value is -0.860. The molecular weight excluding hydrogens is 263 g/mol. The highest BCUT2D eigenvalue weighted by atomic mass is 79.9. The summed E-state index contributed by atoms with van der Waals surface area (Å²) >= 11 is 8.84. The summed E-state index contributed by atoms with van der Waals surface area (Å²) in [6.45, 7) is 0. The highest BCUT2D eigenvalue weighted by Crippen LogP contribution is 2.24. The number of fused-ring (bicyclic) bond motifs is 1. The van der Waals surface area contributed by atoms with Crippen LogP contribution in [0.5, 0.6) is 0 Å². The van der Waals surface area contributed by atoms with Gasteiger partial charge in [-0.3, -0.25) is 4.79 Å². The van der Waals surface area contributed by atoms with Crippen molar-refractivity contribution in [3.63, 3.8) is 0 Å². The Kier molecular flexibility index (Phi) is 2.57. The Morgan fingerprint density at radius 3 is 2.71 bits per heavy atom. The third-order valence-electron chi connectivity index (χ3n) is 2.06. The molecule has 2 aromatic rings. The number of carbonyl (C=O) groups is 1. The zero-order chi connectivity index (χ0) is 10.1. The normalized spacial score (nSPS) is 10.4. The molecular formula is C11H6BrClO. The molecule has 0 bridgehead atoms. The van der Waals surface area contributed by atoms with E-state index in [-0.39, 0.29) is 0 Å². The van der Waals surface area contributed by atoms with Crippen molar-refractivity contribution in [1.82, 2.24) is 0 Å². The molecule has 0 aliphatic carbocycles. The summed E-state index contributed by atoms with van der Waals surface area (Å²) in [4.78, 5) is 11.1. The second kappa shape index (κ2) is 3.71. The van der Waals surface area contributed by atoms with Crippen molar-refractivity contribution in [2.75, 3.05) is 0 Å². The lowest BCUT2D eigenvalue weighted by atomic mass is 10.1. The van der Waals surface area contributed by atoms with E-state index in [4.69, 9.17) is 11.6 Å². The van der Waals surface area contributed by atoms with Gasteiger partial charge in [0, 0.05) is 10.0 Å². The SMILES string of the molecule is O=C(Cl)c1cccc2ccc(Br)cc12. The van der Waals surface area contributed by atoms with Crippen molar-refractivity contribution in [3.05, 3.63) is 46.4 Å². The smallest absolute Gasteiger partial charge is 0.253 e. The number of carbonyl (C=O) groups excluding carboxylic acids is 1. The third-order valence-corrected chi connectivity index (χ3v) is 2.75. The van der Waals surface area contributed by atoms with E-state index in [9.17, 15) is 4.79 Å². The molecule has 0 spiro atoms. The van der Waals surface area contributed by atoms with Gasteiger partial charge in [0.1, 0.15) is 0 Å². The Labute approximate surface area is 94.8 Å². The van der Waals surface area contributed by atoms with Gasteiger partial charge in [-0.25, -0.2) is 0 Å². The van der Waals surface area contributed by atoms with Crippen molar-refractivity contribution < 1.29 is 4.79 Å². The molecule has 2 rings (SSSR count). The molecule has 0 aliphatic rings. The monoisotopic (exact) mass is 268 g/mol. The lowest BCUT2D eigenvalue weighted by molar-refractivity contribution is 0.108. The van der Waals surface area contributed by atoms with E-state index in [0.717, 1.165) is 15.2 Å². The minimum atomic E-state index is -0.422. The molecule has 0 atom stereocenters. The molecule has 2 aromatic carbocycles. The van der Waals surface area contributed by atoms with Crippen LogP contribution in [0.1, 0.15) is 10.4 Å². The second-order valence-electron chi connectivity index (χ2n) is 2.94. The maximum atomic E-state index is 11.1. The second-order valence-corrected chi connectivity index (χ2v) is 4.20. The van der Waals surface area contributed by atoms with Gasteiger partial charge in [0.25, 0.3) is 5.24 Å². The van der Waals surface area contributed by atoms with Crippen molar-refractivity contribution in [1.29, 1.82) is 0 Å². The molecule has 3 heteroatoms. The maximum absolute atomic E-state index is 11.1. The van der Waals surface area contributed by atoms with Crippen LogP contribution in [0.4, 0.5) is 0 Å². The molecule has 0 N–H and O–H groups in total. The van der Waals surface area contributed by atoms with Crippen LogP contribution in [-0.4, -0.2) is 5.24 Å². The van der Waals surface area contributed by atoms with Gasteiger partial charge in [0.2, 0.25) is 0 Å². The van der Waals surface area contributed by atoms with Gasteiger partial charge >= 0.3 is 0 Å². The van der Waals surface area contributed by atoms with Crippen LogP contribution in [0.2, 0.25) is 0 Å². The number of halogens is 2. The maximum Gasteiger partial charge on any atom is 0.253 e. The van der Waals surface area contributed by atoms with Gasteiger partial charge in [-0.2, -0.15) is 0 Å². The number of hydrogen-bond donors (Lipinski definition) is 0. The number of hydrogen-bond acceptors (Lipinski definition) is 1. The van der Waals surface area contributed by atoms with Crippen LogP contribution in [0.3, 0.4) is 0 Å². The topological polar surface area (TPSA) is 17.1 Å². The molecule has 0 saturated carbocycles. The number of rotatable bonds is 1. The Balaban J connectivity index is 2.84. The molecule has 0 aliphatic heterocycles. The summed E-state index contributed by atoms with van der Waals surface area (Å²) in [5.74, 6) is 0. The van der Waals surface area contributed by atoms with Crippen molar-refractivity contribution in [2.45, 2.75) is 0 Å². The molecule has 0 aromatic heterocycles. The van der Waals surface area contributed by atoms with Crippen molar-refractivity contribution in [3.8, 4) is 0 Å². The molecule has 0 amide bonds. The summed E-state index contributed by atoms with van der Waals surface area (Å²) in [6.07, 6.45) is 0. The van der Waals surface area contributed by atoms with E-state index in [2.05, 4.69) is 15.9 Å². The van der Waals surface area contributed by atoms with Crippen LogP contribution in [0, 0.1) is 0 Å². The van der Waals surface area contributed by atoms with Gasteiger partial charge in [0.05, 0.1) is 0 Å². The fourth-order valence-corrected chi connectivity index (χ4v) is 1.94. The van der Waals surface area contributed by atoms with Crippen LogP contribution in [0.25, 0.3) is 10.8 Å². The highest BCUT2D eigenvalue weighted by Gasteiger charge is 2.06. The highest BCUT2D eigenvalue weighted by molar-refractivity contribution is 9.10. The zero-order valence-electron chi connectivity index (χ0n) is 7.13. The van der Waals surface area contributed by atoms with E-state index >= 15 is 0 Å². The lowest BCUT2D eigenvalue weighted by Crippen LogP contribution is -1.89. The average Bonchev–Trinajstić information content (AvgIpc) is 2.16. The van der Waals surface area contributed by atoms with E-state index in [1.54, 1.807) is 6.07 Å². The van der Waals surface area contributed by atoms with Crippen LogP contribution in [-0.2, 0) is 0 Å². The minimum Gasteiger partial charge on any atom is -0.276 e. The Morgan fingerprint density at radius 1 is 1.21 bits per heavy atom. The van der Waals surface area contributed by atoms with E-state index in [1.165, 1.54) is 0 Å². The molecule has 0 unspecified atom stereocenters. The quantitative estimate of drug-likeness (QED) is 0.716. The fraction of sp³-hybridized carbons (Fsp3) is 0. The summed E-state index contributed by atoms with van der Waals surface area (Å²) in [5.41, 5.74) is 0.547. The lowest BCUT2D eigenvalue weighted by Gasteiger charge is -2.02. The summed E-state index contributed by atoms with van der Waals surface area (Å²) in [5, 5.41) is 1.47. The van der Waals surface area contributed by atoms with Gasteiger partial charge in [-0.15, -0.1) is 0 Å². The zero-order valence-corrected chi connectivity index (χ0v) is 9.47. The Bertz CT molecular complexity index is 508. The molecule has 14 heavy (non-hydrogen) atoms. The van der Waals surface area contributed by atoms with Gasteiger partial charge < -0.3 is 0 Å². The standard InChI is InChI=1S/C11H6BrClO/c12-8-5-4-7-2-1-3-9(11(13)14)10(7)6-8/h1-6H. The van der Waals surface area contributed by atoms with Gasteiger partial charge in [0.15, 0.2) is 0 Å². The van der Waals surface area contributed by atoms with E-state index in [1.807, 2.05) is 30.3 Å². The first kappa shape index (κ1) is 9.69. The Morgan fingerprint density at radius 2 is 2.00 bits per heavy atom. The molecule has 0 fully saturated rings. The largest absolute Gasteiger partial charge is 0.276 e. The number of benzene rings is 2. The summed E-state index contributed by atoms with van der Waals surface area (Å²) in [6, 6.07) is 11.3. The first-order valence-electron chi connectivity index (χ1n) is 4.06. The molecule has 70 valence electrons. The van der Waals surface area contributed by atoms with Crippen molar-refractivity contribution >= 4 is 43.5 Å². The molecule has 1 nitrogen and oxygen atoms in total. The van der Waals surface area contributed by atoms with Crippen LogP contribution < -0.4 is 0 Å². The van der Waals surface area contributed by atoms with Crippen LogP contribution >= 0.6 is 27.5 Å².